The quantitative estimate of drug-likeness (QED) is 0.802. The summed E-state index contributed by atoms with van der Waals surface area (Å²) in [5, 5.41) is 5.61. The Morgan fingerprint density at radius 3 is 2.15 bits per heavy atom. The Morgan fingerprint density at radius 1 is 0.962 bits per heavy atom. The molecule has 2 rings (SSSR count). The topological polar surface area (TPSA) is 70.7 Å². The van der Waals surface area contributed by atoms with Gasteiger partial charge in [0.05, 0.1) is 13.5 Å². The van der Waals surface area contributed by atoms with E-state index in [4.69, 9.17) is 4.74 Å². The lowest BCUT2D eigenvalue weighted by molar-refractivity contribution is -0.127. The third-order valence-electron chi connectivity index (χ3n) is 3.92. The molecule has 0 spiro atoms. The highest BCUT2D eigenvalue weighted by Crippen LogP contribution is 2.12. The van der Waals surface area contributed by atoms with E-state index in [1.165, 1.54) is 0 Å². The monoisotopic (exact) mass is 355 g/mol. The van der Waals surface area contributed by atoms with Crippen LogP contribution in [0.4, 0.5) is 10.5 Å². The van der Waals surface area contributed by atoms with E-state index in [0.29, 0.717) is 18.7 Å². The minimum absolute atomic E-state index is 0.0435. The van der Waals surface area contributed by atoms with E-state index >= 15 is 0 Å². The molecule has 3 amide bonds. The van der Waals surface area contributed by atoms with Gasteiger partial charge in [-0.05, 0) is 41.8 Å². The highest BCUT2D eigenvalue weighted by atomic mass is 16.5. The molecule has 0 bridgehead atoms. The van der Waals surface area contributed by atoms with Crippen molar-refractivity contribution < 1.29 is 14.3 Å². The summed E-state index contributed by atoms with van der Waals surface area (Å²) in [6, 6.07) is 14.8. The first-order valence-electron chi connectivity index (χ1n) is 8.45. The zero-order valence-electron chi connectivity index (χ0n) is 15.4. The van der Waals surface area contributed by atoms with Gasteiger partial charge in [-0.3, -0.25) is 4.79 Å². The molecule has 2 aromatic carbocycles. The largest absolute Gasteiger partial charge is 0.497 e. The van der Waals surface area contributed by atoms with Gasteiger partial charge in [0.25, 0.3) is 0 Å². The van der Waals surface area contributed by atoms with Gasteiger partial charge in [-0.1, -0.05) is 24.3 Å². The lowest BCUT2D eigenvalue weighted by Gasteiger charge is -2.11. The molecule has 0 saturated carbocycles. The standard InChI is InChI=1S/C20H25N3O3/c1-23(2)19(24)14-16-4-8-17(9-5-16)22-20(25)21-13-12-15-6-10-18(26-3)11-7-15/h4-11H,12-14H2,1-3H3,(H2,21,22,25). The van der Waals surface area contributed by atoms with Crippen molar-refractivity contribution in [1.82, 2.24) is 10.2 Å². The highest BCUT2D eigenvalue weighted by Gasteiger charge is 2.06. The van der Waals surface area contributed by atoms with Crippen molar-refractivity contribution in [3.05, 3.63) is 59.7 Å². The van der Waals surface area contributed by atoms with E-state index < -0.39 is 0 Å². The molecule has 2 aromatic rings. The van der Waals surface area contributed by atoms with Crippen molar-refractivity contribution in [2.45, 2.75) is 12.8 Å². The zero-order chi connectivity index (χ0) is 18.9. The average molecular weight is 355 g/mol. The van der Waals surface area contributed by atoms with Gasteiger partial charge in [-0.15, -0.1) is 0 Å². The number of hydrogen-bond acceptors (Lipinski definition) is 3. The van der Waals surface area contributed by atoms with Gasteiger partial charge in [0.15, 0.2) is 0 Å². The van der Waals surface area contributed by atoms with Gasteiger partial charge >= 0.3 is 6.03 Å². The molecular weight excluding hydrogens is 330 g/mol. The van der Waals surface area contributed by atoms with Gasteiger partial charge in [0, 0.05) is 26.3 Å². The van der Waals surface area contributed by atoms with Gasteiger partial charge in [0.2, 0.25) is 5.91 Å². The number of hydrogen-bond donors (Lipinski definition) is 2. The molecule has 6 nitrogen and oxygen atoms in total. The summed E-state index contributed by atoms with van der Waals surface area (Å²) in [4.78, 5) is 25.2. The third kappa shape index (κ3) is 6.12. The molecule has 0 unspecified atom stereocenters. The van der Waals surface area contributed by atoms with Crippen LogP contribution in [0.3, 0.4) is 0 Å². The number of methoxy groups -OCH3 is 1. The van der Waals surface area contributed by atoms with E-state index in [1.807, 2.05) is 36.4 Å². The van der Waals surface area contributed by atoms with Crippen molar-refractivity contribution in [2.24, 2.45) is 0 Å². The first kappa shape index (κ1) is 19.3. The number of carbonyl (C=O) groups excluding carboxylic acids is 2. The summed E-state index contributed by atoms with van der Waals surface area (Å²) < 4.78 is 5.12. The molecule has 2 N–H and O–H groups in total. The van der Waals surface area contributed by atoms with Crippen LogP contribution in [0.5, 0.6) is 5.75 Å². The predicted molar refractivity (Wildman–Crippen MR) is 103 cm³/mol. The van der Waals surface area contributed by atoms with Crippen molar-refractivity contribution in [1.29, 1.82) is 0 Å². The summed E-state index contributed by atoms with van der Waals surface area (Å²) >= 11 is 0. The number of benzene rings is 2. The second kappa shape index (κ2) is 9.46. The van der Waals surface area contributed by atoms with Crippen LogP contribution in [0.2, 0.25) is 0 Å². The number of ether oxygens (including phenoxy) is 1. The lowest BCUT2D eigenvalue weighted by atomic mass is 10.1. The third-order valence-corrected chi connectivity index (χ3v) is 3.92. The fourth-order valence-electron chi connectivity index (χ4n) is 2.33. The molecule has 0 aromatic heterocycles. The van der Waals surface area contributed by atoms with Gasteiger partial charge in [-0.2, -0.15) is 0 Å². The van der Waals surface area contributed by atoms with Crippen LogP contribution in [-0.4, -0.2) is 44.6 Å². The molecule has 0 saturated heterocycles. The maximum Gasteiger partial charge on any atom is 0.319 e. The van der Waals surface area contributed by atoms with E-state index in [9.17, 15) is 9.59 Å². The van der Waals surface area contributed by atoms with Crippen molar-refractivity contribution in [3.63, 3.8) is 0 Å². The van der Waals surface area contributed by atoms with Crippen LogP contribution in [0, 0.1) is 0 Å². The molecule has 0 atom stereocenters. The second-order valence-electron chi connectivity index (χ2n) is 6.14. The van der Waals surface area contributed by atoms with Crippen molar-refractivity contribution in [3.8, 4) is 5.75 Å². The molecule has 0 heterocycles. The minimum atomic E-state index is -0.254. The number of nitrogens with zero attached hydrogens (tertiary/aromatic N) is 1. The Balaban J connectivity index is 1.75. The Bertz CT molecular complexity index is 725. The van der Waals surface area contributed by atoms with Crippen LogP contribution < -0.4 is 15.4 Å². The number of carbonyl (C=O) groups is 2. The fourth-order valence-corrected chi connectivity index (χ4v) is 2.33. The number of anilines is 1. The molecule has 0 radical (unpaired) electrons. The van der Waals surface area contributed by atoms with E-state index in [0.717, 1.165) is 23.3 Å². The maximum absolute atomic E-state index is 12.0. The van der Waals surface area contributed by atoms with Crippen LogP contribution in [0.25, 0.3) is 0 Å². The van der Waals surface area contributed by atoms with Crippen molar-refractivity contribution >= 4 is 17.6 Å². The highest BCUT2D eigenvalue weighted by molar-refractivity contribution is 5.89. The number of nitrogens with one attached hydrogen (secondary N) is 2. The molecule has 6 heteroatoms. The summed E-state index contributed by atoms with van der Waals surface area (Å²) in [6.07, 6.45) is 1.09. The summed E-state index contributed by atoms with van der Waals surface area (Å²) in [6.45, 7) is 0.535. The fraction of sp³-hybridized carbons (Fsp3) is 0.300. The summed E-state index contributed by atoms with van der Waals surface area (Å²) in [5.41, 5.74) is 2.73. The average Bonchev–Trinajstić information content (AvgIpc) is 2.63. The van der Waals surface area contributed by atoms with Crippen LogP contribution in [-0.2, 0) is 17.6 Å². The van der Waals surface area contributed by atoms with Gasteiger partial charge in [-0.25, -0.2) is 4.79 Å². The minimum Gasteiger partial charge on any atom is -0.497 e. The summed E-state index contributed by atoms with van der Waals surface area (Å²) in [5.74, 6) is 0.858. The smallest absolute Gasteiger partial charge is 0.319 e. The number of likely N-dealkylation sites (N-methyl/N-ethyl adjacent to an activating group) is 1. The molecule has 0 aliphatic carbocycles. The molecule has 0 aliphatic rings. The maximum atomic E-state index is 12.0. The first-order chi connectivity index (χ1) is 12.5. The van der Waals surface area contributed by atoms with E-state index in [-0.39, 0.29) is 11.9 Å². The Kier molecular flexibility index (Phi) is 7.02. The Morgan fingerprint density at radius 2 is 1.58 bits per heavy atom. The summed E-state index contributed by atoms with van der Waals surface area (Å²) in [7, 11) is 5.09. The Labute approximate surface area is 154 Å². The van der Waals surface area contributed by atoms with E-state index in [1.54, 1.807) is 38.2 Å². The molecule has 0 fully saturated rings. The lowest BCUT2D eigenvalue weighted by Crippen LogP contribution is -2.30. The molecule has 26 heavy (non-hydrogen) atoms. The molecular formula is C20H25N3O3. The predicted octanol–water partition coefficient (Wildman–Crippen LogP) is 2.69. The first-order valence-corrected chi connectivity index (χ1v) is 8.45. The van der Waals surface area contributed by atoms with E-state index in [2.05, 4.69) is 10.6 Å². The van der Waals surface area contributed by atoms with Crippen LogP contribution >= 0.6 is 0 Å². The molecule has 138 valence electrons. The molecule has 0 aliphatic heterocycles. The van der Waals surface area contributed by atoms with Gasteiger partial charge < -0.3 is 20.3 Å². The number of urea groups is 1. The second-order valence-corrected chi connectivity index (χ2v) is 6.14. The van der Waals surface area contributed by atoms with Gasteiger partial charge in [0.1, 0.15) is 5.75 Å². The number of rotatable bonds is 7. The number of amides is 3. The zero-order valence-corrected chi connectivity index (χ0v) is 15.4. The Hall–Kier alpha value is -3.02. The van der Waals surface area contributed by atoms with Crippen molar-refractivity contribution in [2.75, 3.05) is 33.1 Å². The normalized spacial score (nSPS) is 10.1. The van der Waals surface area contributed by atoms with Crippen LogP contribution in [0.15, 0.2) is 48.5 Å². The van der Waals surface area contributed by atoms with Crippen LogP contribution in [0.1, 0.15) is 11.1 Å². The SMILES string of the molecule is COc1ccc(CCNC(=O)Nc2ccc(CC(=O)N(C)C)cc2)cc1.